The second-order valence-corrected chi connectivity index (χ2v) is 21.3. The van der Waals surface area contributed by atoms with Gasteiger partial charge in [-0.25, -0.2) is 0 Å². The normalized spacial score (nSPS) is 13.7. The Morgan fingerprint density at radius 3 is 2.55 bits per heavy atom. The zero-order valence-electron chi connectivity index (χ0n) is 13.0. The Morgan fingerprint density at radius 2 is 1.90 bits per heavy atom. The van der Waals surface area contributed by atoms with E-state index in [-0.39, 0.29) is 6.61 Å². The van der Waals surface area contributed by atoms with Crippen LogP contribution in [0.1, 0.15) is 19.0 Å². The van der Waals surface area contributed by atoms with Crippen molar-refractivity contribution in [1.29, 1.82) is 0 Å². The van der Waals surface area contributed by atoms with Crippen molar-refractivity contribution in [3.05, 3.63) is 36.0 Å². The van der Waals surface area contributed by atoms with Gasteiger partial charge in [0.2, 0.25) is 0 Å². The molecule has 20 heavy (non-hydrogen) atoms. The van der Waals surface area contributed by atoms with Gasteiger partial charge in [-0.1, -0.05) is 0 Å². The van der Waals surface area contributed by atoms with Crippen LogP contribution in [0.25, 0.3) is 10.9 Å². The van der Waals surface area contributed by atoms with E-state index in [2.05, 4.69) is 52.1 Å². The summed E-state index contributed by atoms with van der Waals surface area (Å²) in [7, 11) is 0. The number of hydrogen-bond acceptors (Lipinski definition) is 2. The first kappa shape index (κ1) is 15.8. The molecular weight excluding hydrogens is 353 g/mol. The molecule has 0 aliphatic rings. The molecule has 0 aliphatic heterocycles. The molecule has 0 saturated carbocycles. The average Bonchev–Trinajstić information content (AvgIpc) is 2.37. The molecule has 1 aromatic carbocycles. The molecule has 0 radical (unpaired) electrons. The van der Waals surface area contributed by atoms with Crippen molar-refractivity contribution in [2.24, 2.45) is 5.92 Å². The molecule has 0 bridgehead atoms. The monoisotopic (exact) mass is 379 g/mol. The number of rotatable bonds is 5. The van der Waals surface area contributed by atoms with Crippen LogP contribution in [-0.4, -0.2) is 35.1 Å². The Hall–Kier alpha value is -0.611. The first-order chi connectivity index (χ1) is 9.40. The van der Waals surface area contributed by atoms with Gasteiger partial charge in [-0.3, -0.25) is 0 Å². The molecule has 2 rings (SSSR count). The second kappa shape index (κ2) is 6.44. The third-order valence-electron chi connectivity index (χ3n) is 3.79. The summed E-state index contributed by atoms with van der Waals surface area (Å²) >= 11 is -1.99. The summed E-state index contributed by atoms with van der Waals surface area (Å²) in [6.45, 7) is 2.43. The fourth-order valence-electron chi connectivity index (χ4n) is 2.43. The number of benzene rings is 1. The molecule has 108 valence electrons. The molecule has 0 spiro atoms. The van der Waals surface area contributed by atoms with E-state index in [0.29, 0.717) is 5.92 Å². The fraction of sp³-hybridized carbons (Fsp3) is 0.471. The summed E-state index contributed by atoms with van der Waals surface area (Å²) < 4.78 is 1.55. The molecule has 1 unspecified atom stereocenters. The van der Waals surface area contributed by atoms with Crippen molar-refractivity contribution in [2.45, 2.75) is 34.6 Å². The van der Waals surface area contributed by atoms with E-state index in [1.165, 1.54) is 5.39 Å². The third-order valence-corrected chi connectivity index (χ3v) is 9.62. The van der Waals surface area contributed by atoms with E-state index in [1.54, 1.807) is 3.58 Å². The van der Waals surface area contributed by atoms with E-state index < -0.39 is 18.4 Å². The molecule has 0 aliphatic carbocycles. The van der Waals surface area contributed by atoms with Crippen LogP contribution in [0, 0.1) is 5.92 Å². The van der Waals surface area contributed by atoms with Crippen LogP contribution in [-0.2, 0) is 6.42 Å². The molecule has 3 heteroatoms. The number of hydrogen-bond donors (Lipinski definition) is 1. The first-order valence-corrected chi connectivity index (χ1v) is 17.4. The van der Waals surface area contributed by atoms with E-state index in [9.17, 15) is 0 Å². The van der Waals surface area contributed by atoms with Crippen molar-refractivity contribution in [1.82, 2.24) is 4.98 Å². The van der Waals surface area contributed by atoms with Crippen LogP contribution in [0.4, 0.5) is 0 Å². The van der Waals surface area contributed by atoms with Gasteiger partial charge in [0.15, 0.2) is 0 Å². The number of aliphatic hydroxyl groups excluding tert-OH is 1. The Bertz CT molecular complexity index is 589. The van der Waals surface area contributed by atoms with Crippen molar-refractivity contribution in [3.8, 4) is 0 Å². The van der Waals surface area contributed by atoms with Crippen LogP contribution >= 0.6 is 0 Å². The number of nitrogens with zero attached hydrogens (tertiary/aromatic N) is 1. The molecule has 1 atom stereocenters. The van der Waals surface area contributed by atoms with Crippen LogP contribution in [0.5, 0.6) is 0 Å². The molecule has 0 amide bonds. The van der Waals surface area contributed by atoms with E-state index in [1.807, 2.05) is 0 Å². The second-order valence-electron chi connectivity index (χ2n) is 6.78. The molecule has 2 nitrogen and oxygen atoms in total. The number of aliphatic hydroxyl groups is 1. The summed E-state index contributed by atoms with van der Waals surface area (Å²) in [4.78, 5) is 12.1. The van der Waals surface area contributed by atoms with Gasteiger partial charge >= 0.3 is 126 Å². The summed E-state index contributed by atoms with van der Waals surface area (Å²) in [5.74, 6) is 0.481. The zero-order chi connectivity index (χ0) is 14.8. The topological polar surface area (TPSA) is 33.1 Å². The molecular formula is C17H25NOSn. The van der Waals surface area contributed by atoms with Crippen molar-refractivity contribution in [2.75, 3.05) is 6.61 Å². The predicted molar refractivity (Wildman–Crippen MR) is 89.3 cm³/mol. The minimum atomic E-state index is -1.99. The molecule has 2 aromatic rings. The zero-order valence-corrected chi connectivity index (χ0v) is 15.8. The SMILES string of the molecule is CC(CCO)Cc1ccc2c[c]([Sn]([CH3])([CH3])[CH3])ccc2n1. The first-order valence-electron chi connectivity index (χ1n) is 7.41. The molecule has 1 N–H and O–H groups in total. The summed E-state index contributed by atoms with van der Waals surface area (Å²) in [6.07, 6.45) is 1.79. The van der Waals surface area contributed by atoms with Crippen LogP contribution in [0.3, 0.4) is 0 Å². The maximum atomic E-state index is 8.98. The Labute approximate surface area is 126 Å². The predicted octanol–water partition coefficient (Wildman–Crippen LogP) is 3.34. The maximum absolute atomic E-state index is 8.98. The van der Waals surface area contributed by atoms with Gasteiger partial charge in [0, 0.05) is 0 Å². The third kappa shape index (κ3) is 3.95. The number of aromatic nitrogens is 1. The van der Waals surface area contributed by atoms with E-state index >= 15 is 0 Å². The minimum absolute atomic E-state index is 0.261. The van der Waals surface area contributed by atoms with Gasteiger partial charge in [-0.15, -0.1) is 0 Å². The van der Waals surface area contributed by atoms with Crippen LogP contribution in [0.15, 0.2) is 30.3 Å². The Balaban J connectivity index is 2.27. The standard InChI is InChI=1S/C14H16NO.3CH3.Sn/c1-11(8-9-16)10-13-7-6-12-4-2-3-5-14(12)15-13;;;;/h3-7,11,16H,8-10H2,1H3;3*1H3;. The molecule has 0 fully saturated rings. The van der Waals surface area contributed by atoms with Crippen molar-refractivity contribution < 1.29 is 5.11 Å². The molecule has 1 heterocycles. The van der Waals surface area contributed by atoms with E-state index in [4.69, 9.17) is 10.1 Å². The Morgan fingerprint density at radius 1 is 1.15 bits per heavy atom. The summed E-state index contributed by atoms with van der Waals surface area (Å²) in [5, 5.41) is 10.2. The van der Waals surface area contributed by atoms with Crippen molar-refractivity contribution >= 4 is 32.9 Å². The van der Waals surface area contributed by atoms with Gasteiger partial charge < -0.3 is 0 Å². The summed E-state index contributed by atoms with van der Waals surface area (Å²) in [6, 6.07) is 11.1. The van der Waals surface area contributed by atoms with Gasteiger partial charge in [0.25, 0.3) is 0 Å². The van der Waals surface area contributed by atoms with Gasteiger partial charge in [0.1, 0.15) is 0 Å². The summed E-state index contributed by atoms with van der Waals surface area (Å²) in [5.41, 5.74) is 2.23. The molecule has 1 aromatic heterocycles. The fourth-order valence-corrected chi connectivity index (χ4v) is 5.77. The quantitative estimate of drug-likeness (QED) is 0.810. The number of pyridine rings is 1. The van der Waals surface area contributed by atoms with Crippen LogP contribution < -0.4 is 3.58 Å². The Kier molecular flexibility index (Phi) is 5.08. The van der Waals surface area contributed by atoms with Crippen LogP contribution in [0.2, 0.25) is 14.8 Å². The van der Waals surface area contributed by atoms with Gasteiger partial charge in [0.05, 0.1) is 0 Å². The average molecular weight is 378 g/mol. The number of fused-ring (bicyclic) bond motifs is 1. The molecule has 0 saturated heterocycles. The van der Waals surface area contributed by atoms with Gasteiger partial charge in [-0.2, -0.15) is 0 Å². The van der Waals surface area contributed by atoms with Crippen molar-refractivity contribution in [3.63, 3.8) is 0 Å². The van der Waals surface area contributed by atoms with Gasteiger partial charge in [-0.05, 0) is 0 Å². The van der Waals surface area contributed by atoms with E-state index in [0.717, 1.165) is 24.1 Å².